The second-order valence-corrected chi connectivity index (χ2v) is 8.98. The van der Waals surface area contributed by atoms with Gasteiger partial charge in [-0.1, -0.05) is 20.4 Å². The number of nitrogens with one attached hydrogen (secondary N) is 3. The van der Waals surface area contributed by atoms with Crippen molar-refractivity contribution in [2.75, 3.05) is 11.9 Å². The normalized spacial score (nSPS) is 13.0. The van der Waals surface area contributed by atoms with E-state index in [0.717, 1.165) is 22.9 Å². The highest BCUT2D eigenvalue weighted by Crippen LogP contribution is 2.29. The summed E-state index contributed by atoms with van der Waals surface area (Å²) in [5.74, 6) is -0.232. The summed E-state index contributed by atoms with van der Waals surface area (Å²) in [6, 6.07) is 5.67. The van der Waals surface area contributed by atoms with Crippen molar-refractivity contribution >= 4 is 45.1 Å². The van der Waals surface area contributed by atoms with E-state index < -0.39 is 0 Å². The first-order valence-electron chi connectivity index (χ1n) is 10.5. The number of anilines is 1. The Morgan fingerprint density at radius 3 is 2.91 bits per heavy atom. The van der Waals surface area contributed by atoms with Crippen molar-refractivity contribution in [2.24, 2.45) is 5.92 Å². The molecule has 0 spiro atoms. The smallest absolute Gasteiger partial charge is 0.268 e. The SMILES string of the molecule is C=CC(=O)NCc1csc(NC(=O)c2cc(CC(C)C)c3cc4n(c3c2)CCNC4=O)n1. The largest absolute Gasteiger partial charge is 0.349 e. The predicted molar refractivity (Wildman–Crippen MR) is 125 cm³/mol. The summed E-state index contributed by atoms with van der Waals surface area (Å²) < 4.78 is 1.98. The number of hydrogen-bond acceptors (Lipinski definition) is 5. The number of thiazole rings is 1. The van der Waals surface area contributed by atoms with Crippen molar-refractivity contribution in [2.45, 2.75) is 33.4 Å². The third kappa shape index (κ3) is 4.43. The number of aromatic nitrogens is 2. The van der Waals surface area contributed by atoms with E-state index in [4.69, 9.17) is 0 Å². The summed E-state index contributed by atoms with van der Waals surface area (Å²) >= 11 is 1.30. The molecule has 3 N–H and O–H groups in total. The van der Waals surface area contributed by atoms with E-state index in [0.29, 0.717) is 41.1 Å². The second-order valence-electron chi connectivity index (χ2n) is 8.12. The number of carbonyl (C=O) groups excluding carboxylic acids is 3. The molecule has 2 aromatic heterocycles. The van der Waals surface area contributed by atoms with Crippen LogP contribution in [0.25, 0.3) is 10.9 Å². The van der Waals surface area contributed by atoms with Gasteiger partial charge in [-0.05, 0) is 42.2 Å². The van der Waals surface area contributed by atoms with Gasteiger partial charge in [-0.25, -0.2) is 4.98 Å². The summed E-state index contributed by atoms with van der Waals surface area (Å²) in [6.45, 7) is 9.17. The molecule has 1 aliphatic heterocycles. The summed E-state index contributed by atoms with van der Waals surface area (Å²) in [4.78, 5) is 41.1. The van der Waals surface area contributed by atoms with E-state index in [-0.39, 0.29) is 24.3 Å². The van der Waals surface area contributed by atoms with Gasteiger partial charge in [0.2, 0.25) is 5.91 Å². The van der Waals surface area contributed by atoms with Crippen LogP contribution in [0.5, 0.6) is 0 Å². The molecular formula is C23H25N5O3S. The molecule has 3 aromatic rings. The Morgan fingerprint density at radius 2 is 2.16 bits per heavy atom. The summed E-state index contributed by atoms with van der Waals surface area (Å²) in [7, 11) is 0. The third-order valence-corrected chi connectivity index (χ3v) is 6.06. The van der Waals surface area contributed by atoms with Gasteiger partial charge in [0, 0.05) is 34.9 Å². The Labute approximate surface area is 189 Å². The van der Waals surface area contributed by atoms with E-state index >= 15 is 0 Å². The van der Waals surface area contributed by atoms with Gasteiger partial charge >= 0.3 is 0 Å². The molecule has 3 heterocycles. The Hall–Kier alpha value is -3.46. The van der Waals surface area contributed by atoms with Crippen molar-refractivity contribution in [3.63, 3.8) is 0 Å². The van der Waals surface area contributed by atoms with Crippen LogP contribution in [0.1, 0.15) is 46.0 Å². The van der Waals surface area contributed by atoms with E-state index in [9.17, 15) is 14.4 Å². The molecule has 3 amide bonds. The summed E-state index contributed by atoms with van der Waals surface area (Å²) in [5.41, 5.74) is 3.74. The third-order valence-electron chi connectivity index (χ3n) is 5.25. The molecule has 0 saturated heterocycles. The monoisotopic (exact) mass is 451 g/mol. The van der Waals surface area contributed by atoms with Crippen molar-refractivity contribution in [1.82, 2.24) is 20.2 Å². The number of amides is 3. The molecule has 0 atom stereocenters. The van der Waals surface area contributed by atoms with Crippen molar-refractivity contribution in [3.8, 4) is 0 Å². The van der Waals surface area contributed by atoms with Gasteiger partial charge in [-0.2, -0.15) is 0 Å². The average Bonchev–Trinajstić information content (AvgIpc) is 3.37. The lowest BCUT2D eigenvalue weighted by Gasteiger charge is -2.17. The topological polar surface area (TPSA) is 105 Å². The fourth-order valence-corrected chi connectivity index (χ4v) is 4.54. The average molecular weight is 452 g/mol. The van der Waals surface area contributed by atoms with Crippen molar-refractivity contribution in [1.29, 1.82) is 0 Å². The molecule has 0 unspecified atom stereocenters. The minimum absolute atomic E-state index is 0.0900. The molecule has 166 valence electrons. The molecule has 8 nitrogen and oxygen atoms in total. The molecular weight excluding hydrogens is 426 g/mol. The molecule has 1 aromatic carbocycles. The molecule has 1 aliphatic rings. The summed E-state index contributed by atoms with van der Waals surface area (Å²) in [5, 5.41) is 11.6. The maximum atomic E-state index is 13.1. The minimum atomic E-state index is -0.279. The number of benzene rings is 1. The first-order valence-corrected chi connectivity index (χ1v) is 11.3. The number of fused-ring (bicyclic) bond motifs is 3. The van der Waals surface area contributed by atoms with Crippen LogP contribution in [0.15, 0.2) is 36.2 Å². The van der Waals surface area contributed by atoms with Crippen LogP contribution in [-0.4, -0.2) is 33.8 Å². The predicted octanol–water partition coefficient (Wildman–Crippen LogP) is 3.09. The fourth-order valence-electron chi connectivity index (χ4n) is 3.84. The van der Waals surface area contributed by atoms with E-state index in [1.807, 2.05) is 22.8 Å². The molecule has 0 fully saturated rings. The quantitative estimate of drug-likeness (QED) is 0.480. The number of carbonyl (C=O) groups is 3. The minimum Gasteiger partial charge on any atom is -0.349 e. The van der Waals surface area contributed by atoms with Crippen molar-refractivity contribution < 1.29 is 14.4 Å². The highest BCUT2D eigenvalue weighted by molar-refractivity contribution is 7.14. The molecule has 0 aliphatic carbocycles. The highest BCUT2D eigenvalue weighted by atomic mass is 32.1. The Bertz CT molecular complexity index is 1220. The van der Waals surface area contributed by atoms with Crippen LogP contribution in [0, 0.1) is 5.92 Å². The van der Waals surface area contributed by atoms with Gasteiger partial charge in [0.15, 0.2) is 5.13 Å². The van der Waals surface area contributed by atoms with E-state index in [1.54, 1.807) is 5.38 Å². The van der Waals surface area contributed by atoms with E-state index in [2.05, 4.69) is 41.4 Å². The first kappa shape index (κ1) is 21.8. The Balaban J connectivity index is 1.63. The lowest BCUT2D eigenvalue weighted by molar-refractivity contribution is -0.116. The van der Waals surface area contributed by atoms with Crippen LogP contribution in [-0.2, 0) is 24.3 Å². The van der Waals surface area contributed by atoms with Gasteiger partial charge in [-0.3, -0.25) is 19.7 Å². The molecule has 0 bridgehead atoms. The molecule has 9 heteroatoms. The first-order chi connectivity index (χ1) is 15.4. The number of nitrogens with zero attached hydrogens (tertiary/aromatic N) is 2. The van der Waals surface area contributed by atoms with Crippen LogP contribution in [0.4, 0.5) is 5.13 Å². The molecule has 0 radical (unpaired) electrons. The highest BCUT2D eigenvalue weighted by Gasteiger charge is 2.23. The van der Waals surface area contributed by atoms with Gasteiger partial charge < -0.3 is 15.2 Å². The van der Waals surface area contributed by atoms with Gasteiger partial charge in [0.25, 0.3) is 11.8 Å². The zero-order valence-electron chi connectivity index (χ0n) is 18.0. The van der Waals surface area contributed by atoms with Crippen molar-refractivity contribution in [3.05, 3.63) is 58.7 Å². The zero-order valence-corrected chi connectivity index (χ0v) is 18.8. The zero-order chi connectivity index (χ0) is 22.8. The molecule has 4 rings (SSSR count). The van der Waals surface area contributed by atoms with E-state index in [1.165, 1.54) is 17.4 Å². The maximum Gasteiger partial charge on any atom is 0.268 e. The van der Waals surface area contributed by atoms with Crippen LogP contribution < -0.4 is 16.0 Å². The lowest BCUT2D eigenvalue weighted by atomic mass is 9.97. The van der Waals surface area contributed by atoms with Crippen LogP contribution in [0.3, 0.4) is 0 Å². The van der Waals surface area contributed by atoms with Gasteiger partial charge in [0.05, 0.1) is 12.2 Å². The fraction of sp³-hybridized carbons (Fsp3) is 0.304. The molecule has 32 heavy (non-hydrogen) atoms. The second kappa shape index (κ2) is 8.96. The van der Waals surface area contributed by atoms with Gasteiger partial charge in [0.1, 0.15) is 5.69 Å². The number of rotatable bonds is 7. The maximum absolute atomic E-state index is 13.1. The van der Waals surface area contributed by atoms with Gasteiger partial charge in [-0.15, -0.1) is 11.3 Å². The van der Waals surface area contributed by atoms with Crippen LogP contribution >= 0.6 is 11.3 Å². The van der Waals surface area contributed by atoms with Crippen LogP contribution in [0.2, 0.25) is 0 Å². The molecule has 0 saturated carbocycles. The number of hydrogen-bond donors (Lipinski definition) is 3. The summed E-state index contributed by atoms with van der Waals surface area (Å²) in [6.07, 6.45) is 2.00. The standard InChI is InChI=1S/C23H25N5O3S/c1-4-20(29)25-11-16-12-32-23(26-16)27-21(30)15-8-14(7-13(2)3)17-10-19-22(31)24-5-6-28(19)18(17)9-15/h4,8-10,12-13H,1,5-7,11H2,2-3H3,(H,24,31)(H,25,29)(H,26,27,30). The Morgan fingerprint density at radius 1 is 1.34 bits per heavy atom. The lowest BCUT2D eigenvalue weighted by Crippen LogP contribution is -2.34. The Kier molecular flexibility index (Phi) is 6.09.